The summed E-state index contributed by atoms with van der Waals surface area (Å²) in [5.74, 6) is -1.08. The standard InChI is InChI=1S/C56H58O8/c1-35-17-23-45(30-36(35)2)55(6,7)47-25-27-49(38(4)32-47)63-53(59)42-20-18-41(19-21-42)52(58)62-29-12-11-14-40-22-24-46(31-37(40)3)56(8,9)48-26-28-50(39(5)33-48)64-54(60)44-16-13-15-43(34-44)51(57)61-10/h13,15-28,30-34H,11-12,14,29H2,1-10H3. The quantitative estimate of drug-likeness (QED) is 0.0571. The number of benzene rings is 6. The monoisotopic (exact) mass is 858 g/mol. The lowest BCUT2D eigenvalue weighted by Gasteiger charge is -2.28. The number of methoxy groups -OCH3 is 1. The van der Waals surface area contributed by atoms with E-state index in [-0.39, 0.29) is 28.6 Å². The van der Waals surface area contributed by atoms with Crippen molar-refractivity contribution in [3.8, 4) is 11.5 Å². The number of ether oxygens (including phenoxy) is 4. The average molecular weight is 859 g/mol. The molecule has 0 aliphatic carbocycles. The number of hydrogen-bond acceptors (Lipinski definition) is 8. The van der Waals surface area contributed by atoms with Gasteiger partial charge in [0.05, 0.1) is 36.0 Å². The van der Waals surface area contributed by atoms with E-state index in [1.165, 1.54) is 41.0 Å². The zero-order valence-electron chi connectivity index (χ0n) is 38.6. The van der Waals surface area contributed by atoms with E-state index in [4.69, 9.17) is 18.9 Å². The van der Waals surface area contributed by atoms with Crippen molar-refractivity contribution >= 4 is 23.9 Å². The molecule has 0 saturated carbocycles. The molecule has 0 spiro atoms. The molecule has 8 heteroatoms. The van der Waals surface area contributed by atoms with Crippen LogP contribution in [0.15, 0.2) is 121 Å². The van der Waals surface area contributed by atoms with Crippen LogP contribution < -0.4 is 9.47 Å². The highest BCUT2D eigenvalue weighted by Crippen LogP contribution is 2.37. The summed E-state index contributed by atoms with van der Waals surface area (Å²) in [4.78, 5) is 50.8. The molecule has 6 aromatic rings. The van der Waals surface area contributed by atoms with Gasteiger partial charge in [0.15, 0.2) is 0 Å². The highest BCUT2D eigenvalue weighted by molar-refractivity contribution is 5.96. The number of esters is 4. The summed E-state index contributed by atoms with van der Waals surface area (Å²) in [5.41, 5.74) is 11.9. The molecule has 0 radical (unpaired) electrons. The van der Waals surface area contributed by atoms with Crippen molar-refractivity contribution < 1.29 is 38.1 Å². The Kier molecular flexibility index (Phi) is 14.4. The van der Waals surface area contributed by atoms with E-state index in [1.807, 2.05) is 44.2 Å². The molecule has 6 rings (SSSR count). The Morgan fingerprint density at radius 3 is 1.39 bits per heavy atom. The zero-order chi connectivity index (χ0) is 46.3. The predicted molar refractivity (Wildman–Crippen MR) is 251 cm³/mol. The molecule has 0 heterocycles. The maximum atomic E-state index is 13.1. The van der Waals surface area contributed by atoms with E-state index in [2.05, 4.69) is 90.9 Å². The van der Waals surface area contributed by atoms with Crippen LogP contribution in [0.25, 0.3) is 0 Å². The number of carbonyl (C=O) groups is 4. The minimum atomic E-state index is -0.557. The summed E-state index contributed by atoms with van der Waals surface area (Å²) in [7, 11) is 1.29. The van der Waals surface area contributed by atoms with Crippen molar-refractivity contribution in [2.75, 3.05) is 13.7 Å². The van der Waals surface area contributed by atoms with Gasteiger partial charge < -0.3 is 18.9 Å². The largest absolute Gasteiger partial charge is 0.465 e. The summed E-state index contributed by atoms with van der Waals surface area (Å²) in [6.45, 7) is 19.2. The summed E-state index contributed by atoms with van der Waals surface area (Å²) in [6, 6.07) is 37.5. The second kappa shape index (κ2) is 19.7. The Labute approximate surface area is 377 Å². The molecule has 330 valence electrons. The molecule has 0 bridgehead atoms. The molecule has 0 amide bonds. The minimum Gasteiger partial charge on any atom is -0.465 e. The molecule has 64 heavy (non-hydrogen) atoms. The first-order chi connectivity index (χ1) is 30.4. The van der Waals surface area contributed by atoms with Crippen LogP contribution >= 0.6 is 0 Å². The molecule has 0 N–H and O–H groups in total. The Bertz CT molecular complexity index is 2700. The van der Waals surface area contributed by atoms with Gasteiger partial charge in [-0.1, -0.05) is 94.4 Å². The van der Waals surface area contributed by atoms with Gasteiger partial charge in [-0.05, 0) is 164 Å². The van der Waals surface area contributed by atoms with Crippen molar-refractivity contribution in [3.05, 3.63) is 199 Å². The molecular formula is C56H58O8. The lowest BCUT2D eigenvalue weighted by molar-refractivity contribution is 0.0496. The van der Waals surface area contributed by atoms with Gasteiger partial charge in [-0.25, -0.2) is 19.2 Å². The van der Waals surface area contributed by atoms with Crippen molar-refractivity contribution in [1.29, 1.82) is 0 Å². The minimum absolute atomic E-state index is 0.229. The second-order valence-electron chi connectivity index (χ2n) is 17.7. The summed E-state index contributed by atoms with van der Waals surface area (Å²) in [5, 5.41) is 0. The van der Waals surface area contributed by atoms with Crippen LogP contribution in [0.4, 0.5) is 0 Å². The van der Waals surface area contributed by atoms with E-state index in [0.717, 1.165) is 40.7 Å². The summed E-state index contributed by atoms with van der Waals surface area (Å²) < 4.78 is 21.9. The highest BCUT2D eigenvalue weighted by atomic mass is 16.5. The van der Waals surface area contributed by atoms with Crippen LogP contribution in [0.2, 0.25) is 0 Å². The number of carbonyl (C=O) groups excluding carboxylic acids is 4. The van der Waals surface area contributed by atoms with Crippen molar-refractivity contribution in [2.24, 2.45) is 0 Å². The molecule has 8 nitrogen and oxygen atoms in total. The third kappa shape index (κ3) is 10.7. The zero-order valence-corrected chi connectivity index (χ0v) is 38.6. The fourth-order valence-corrected chi connectivity index (χ4v) is 7.75. The predicted octanol–water partition coefficient (Wildman–Crippen LogP) is 12.3. The van der Waals surface area contributed by atoms with Gasteiger partial charge in [-0.15, -0.1) is 0 Å². The van der Waals surface area contributed by atoms with Crippen molar-refractivity contribution in [2.45, 2.75) is 92.4 Å². The van der Waals surface area contributed by atoms with Crippen LogP contribution in [-0.4, -0.2) is 37.6 Å². The maximum Gasteiger partial charge on any atom is 0.343 e. The molecule has 0 aliphatic rings. The van der Waals surface area contributed by atoms with Gasteiger partial charge in [0.25, 0.3) is 0 Å². The molecule has 0 aromatic heterocycles. The van der Waals surface area contributed by atoms with Crippen LogP contribution in [0.5, 0.6) is 11.5 Å². The van der Waals surface area contributed by atoms with Gasteiger partial charge in [-0.3, -0.25) is 0 Å². The van der Waals surface area contributed by atoms with E-state index < -0.39 is 23.9 Å². The van der Waals surface area contributed by atoms with Gasteiger partial charge >= 0.3 is 23.9 Å². The van der Waals surface area contributed by atoms with Gasteiger partial charge in [0.2, 0.25) is 0 Å². The fraction of sp³-hybridized carbons (Fsp3) is 0.286. The molecule has 0 aliphatic heterocycles. The topological polar surface area (TPSA) is 105 Å². The van der Waals surface area contributed by atoms with Crippen LogP contribution in [0, 0.1) is 34.6 Å². The normalized spacial score (nSPS) is 11.5. The first kappa shape index (κ1) is 46.7. The van der Waals surface area contributed by atoms with E-state index in [1.54, 1.807) is 42.5 Å². The third-order valence-electron chi connectivity index (χ3n) is 12.4. The Morgan fingerprint density at radius 2 is 0.891 bits per heavy atom. The van der Waals surface area contributed by atoms with E-state index >= 15 is 0 Å². The molecule has 0 atom stereocenters. The van der Waals surface area contributed by atoms with Gasteiger partial charge in [0, 0.05) is 10.8 Å². The van der Waals surface area contributed by atoms with Crippen LogP contribution in [-0.2, 0) is 26.7 Å². The third-order valence-corrected chi connectivity index (χ3v) is 12.4. The van der Waals surface area contributed by atoms with Crippen LogP contribution in [0.1, 0.15) is 138 Å². The lowest BCUT2D eigenvalue weighted by atomic mass is 9.76. The number of aryl methyl sites for hydroxylation is 6. The average Bonchev–Trinajstić information content (AvgIpc) is 3.28. The second-order valence-corrected chi connectivity index (χ2v) is 17.7. The molecular weight excluding hydrogens is 801 g/mol. The number of hydrogen-bond donors (Lipinski definition) is 0. The van der Waals surface area contributed by atoms with Crippen molar-refractivity contribution in [1.82, 2.24) is 0 Å². The van der Waals surface area contributed by atoms with E-state index in [9.17, 15) is 19.2 Å². The van der Waals surface area contributed by atoms with Gasteiger partial charge in [-0.2, -0.15) is 0 Å². The molecule has 6 aromatic carbocycles. The maximum absolute atomic E-state index is 13.1. The smallest absolute Gasteiger partial charge is 0.343 e. The fourth-order valence-electron chi connectivity index (χ4n) is 7.75. The molecule has 0 fully saturated rings. The first-order valence-electron chi connectivity index (χ1n) is 21.7. The Morgan fingerprint density at radius 1 is 0.438 bits per heavy atom. The van der Waals surface area contributed by atoms with E-state index in [0.29, 0.717) is 29.0 Å². The number of rotatable bonds is 15. The molecule has 0 unspecified atom stereocenters. The highest BCUT2D eigenvalue weighted by Gasteiger charge is 2.26. The Hall–Kier alpha value is -6.80. The summed E-state index contributed by atoms with van der Waals surface area (Å²) in [6.07, 6.45) is 2.39. The van der Waals surface area contributed by atoms with Crippen molar-refractivity contribution in [3.63, 3.8) is 0 Å². The lowest BCUT2D eigenvalue weighted by Crippen LogP contribution is -2.20. The summed E-state index contributed by atoms with van der Waals surface area (Å²) >= 11 is 0. The SMILES string of the molecule is COC(=O)c1cccc(C(=O)Oc2ccc(C(C)(C)c3ccc(CCCCOC(=O)c4ccc(C(=O)Oc5ccc(C(C)(C)c6ccc(C)c(C)c6)cc5C)cc4)c(C)c3)cc2C)c1. The Balaban J connectivity index is 0.965. The van der Waals surface area contributed by atoms with Gasteiger partial charge in [0.1, 0.15) is 11.5 Å². The first-order valence-corrected chi connectivity index (χ1v) is 21.7. The molecule has 0 saturated heterocycles. The number of unbranched alkanes of at least 4 members (excludes halogenated alkanes) is 1. The van der Waals surface area contributed by atoms with Crippen LogP contribution in [0.3, 0.4) is 0 Å².